The summed E-state index contributed by atoms with van der Waals surface area (Å²) in [6, 6.07) is 11.7. The Morgan fingerprint density at radius 1 is 1.14 bits per heavy atom. The predicted octanol–water partition coefficient (Wildman–Crippen LogP) is 2.99. The lowest BCUT2D eigenvalue weighted by Crippen LogP contribution is -2.23. The molecule has 1 aliphatic carbocycles. The molecule has 0 unspecified atom stereocenters. The first kappa shape index (κ1) is 13.1. The molecule has 1 heterocycles. The summed E-state index contributed by atoms with van der Waals surface area (Å²) in [5.74, 6) is 0.815. The Morgan fingerprint density at radius 3 is 2.57 bits per heavy atom. The van der Waals surface area contributed by atoms with E-state index in [0.29, 0.717) is 0 Å². The smallest absolute Gasteiger partial charge is 0.210 e. The number of allylic oxidation sites excluding steroid dienone is 5. The molecule has 1 aromatic carbocycles. The minimum absolute atomic E-state index is 0.0680. The van der Waals surface area contributed by atoms with Crippen LogP contribution >= 0.6 is 0 Å². The maximum Gasteiger partial charge on any atom is 0.210 e. The van der Waals surface area contributed by atoms with Crippen molar-refractivity contribution < 1.29 is 5.11 Å². The van der Waals surface area contributed by atoms with Crippen molar-refractivity contribution in [3.63, 3.8) is 0 Å². The van der Waals surface area contributed by atoms with E-state index in [9.17, 15) is 5.11 Å². The zero-order valence-electron chi connectivity index (χ0n) is 11.6. The van der Waals surface area contributed by atoms with Crippen molar-refractivity contribution in [2.45, 2.75) is 6.92 Å². The van der Waals surface area contributed by atoms with Gasteiger partial charge in [0.05, 0.1) is 11.4 Å². The molecular formula is C16H16N4O. The quantitative estimate of drug-likeness (QED) is 0.595. The van der Waals surface area contributed by atoms with E-state index in [2.05, 4.69) is 16.0 Å². The average Bonchev–Trinajstić information content (AvgIpc) is 3.15. The number of hydrazine groups is 1. The van der Waals surface area contributed by atoms with Crippen LogP contribution in [0.4, 0.5) is 5.82 Å². The summed E-state index contributed by atoms with van der Waals surface area (Å²) >= 11 is 0. The number of nitrogens with one attached hydrogen (secondary N) is 2. The van der Waals surface area contributed by atoms with Gasteiger partial charge in [0.25, 0.3) is 0 Å². The Labute approximate surface area is 122 Å². The lowest BCUT2D eigenvalue weighted by molar-refractivity contribution is 0.371. The van der Waals surface area contributed by atoms with Crippen LogP contribution in [-0.2, 0) is 0 Å². The molecule has 5 nitrogen and oxygen atoms in total. The van der Waals surface area contributed by atoms with E-state index in [1.54, 1.807) is 4.68 Å². The molecule has 0 spiro atoms. The molecule has 106 valence electrons. The molecule has 0 bridgehead atoms. The Morgan fingerprint density at radius 2 is 1.86 bits per heavy atom. The van der Waals surface area contributed by atoms with Crippen molar-refractivity contribution in [2.24, 2.45) is 0 Å². The molecule has 0 amide bonds. The number of hydrogen-bond acceptors (Lipinski definition) is 4. The molecule has 0 aliphatic heterocycles. The van der Waals surface area contributed by atoms with E-state index in [-0.39, 0.29) is 5.88 Å². The van der Waals surface area contributed by atoms with E-state index in [4.69, 9.17) is 0 Å². The summed E-state index contributed by atoms with van der Waals surface area (Å²) in [6.45, 7) is 1.92. The van der Waals surface area contributed by atoms with Crippen LogP contribution in [-0.4, -0.2) is 14.9 Å². The van der Waals surface area contributed by atoms with Gasteiger partial charge in [-0.05, 0) is 31.2 Å². The molecule has 0 atom stereocenters. The summed E-state index contributed by atoms with van der Waals surface area (Å²) in [5, 5.41) is 14.4. The molecule has 5 heteroatoms. The molecule has 0 saturated heterocycles. The van der Waals surface area contributed by atoms with E-state index < -0.39 is 0 Å². The van der Waals surface area contributed by atoms with Crippen LogP contribution in [0.5, 0.6) is 0 Å². The minimum Gasteiger partial charge on any atom is -0.493 e. The molecule has 1 aliphatic rings. The molecule has 0 saturated carbocycles. The number of nitrogens with zero attached hydrogens (tertiary/aromatic N) is 2. The van der Waals surface area contributed by atoms with Crippen molar-refractivity contribution in [2.75, 3.05) is 5.43 Å². The second kappa shape index (κ2) is 5.58. The van der Waals surface area contributed by atoms with Crippen LogP contribution in [0.15, 0.2) is 72.2 Å². The lowest BCUT2D eigenvalue weighted by Gasteiger charge is -2.11. The molecule has 0 radical (unpaired) electrons. The van der Waals surface area contributed by atoms with Gasteiger partial charge in [-0.15, -0.1) is 0 Å². The molecule has 0 fully saturated rings. The average molecular weight is 280 g/mol. The third-order valence-corrected chi connectivity index (χ3v) is 3.08. The Bertz CT molecular complexity index is 712. The fourth-order valence-electron chi connectivity index (χ4n) is 2.08. The van der Waals surface area contributed by atoms with Crippen LogP contribution in [0, 0.1) is 6.92 Å². The van der Waals surface area contributed by atoms with Crippen LogP contribution < -0.4 is 10.9 Å². The minimum atomic E-state index is 0.0680. The number of anilines is 1. The van der Waals surface area contributed by atoms with Gasteiger partial charge in [-0.3, -0.25) is 10.9 Å². The van der Waals surface area contributed by atoms with Crippen LogP contribution in [0.2, 0.25) is 0 Å². The van der Waals surface area contributed by atoms with Gasteiger partial charge < -0.3 is 5.11 Å². The lowest BCUT2D eigenvalue weighted by atomic mass is 10.3. The van der Waals surface area contributed by atoms with Gasteiger partial charge in [-0.1, -0.05) is 30.4 Å². The van der Waals surface area contributed by atoms with E-state index >= 15 is 0 Å². The number of aliphatic hydroxyl groups is 1. The summed E-state index contributed by atoms with van der Waals surface area (Å²) in [5.41, 5.74) is 8.33. The second-order valence-corrected chi connectivity index (χ2v) is 4.69. The molecule has 3 rings (SSSR count). The highest BCUT2D eigenvalue weighted by Gasteiger charge is 2.08. The Hall–Kier alpha value is -2.95. The first-order valence-electron chi connectivity index (χ1n) is 6.66. The standard InChI is InChI=1S/C16H16N4O/c1-12-11-15(17-18-16(21)13-7-5-6-8-13)20(19-12)14-9-3-2-4-10-14/h2-11,17-18,21H,1H3. The van der Waals surface area contributed by atoms with Gasteiger partial charge in [0.2, 0.25) is 5.88 Å². The van der Waals surface area contributed by atoms with Gasteiger partial charge in [-0.2, -0.15) is 5.10 Å². The van der Waals surface area contributed by atoms with Gasteiger partial charge in [0, 0.05) is 11.6 Å². The van der Waals surface area contributed by atoms with Crippen molar-refractivity contribution in [1.29, 1.82) is 0 Å². The summed E-state index contributed by atoms with van der Waals surface area (Å²) in [7, 11) is 0. The molecular weight excluding hydrogens is 264 g/mol. The number of aromatic nitrogens is 2. The Balaban J connectivity index is 1.82. The van der Waals surface area contributed by atoms with E-state index in [1.165, 1.54) is 0 Å². The molecule has 21 heavy (non-hydrogen) atoms. The summed E-state index contributed by atoms with van der Waals surface area (Å²) < 4.78 is 1.78. The van der Waals surface area contributed by atoms with Crippen molar-refractivity contribution in [1.82, 2.24) is 15.2 Å². The zero-order valence-corrected chi connectivity index (χ0v) is 11.6. The van der Waals surface area contributed by atoms with Gasteiger partial charge in [-0.25, -0.2) is 4.68 Å². The topological polar surface area (TPSA) is 62.1 Å². The van der Waals surface area contributed by atoms with Gasteiger partial charge >= 0.3 is 0 Å². The SMILES string of the molecule is Cc1cc(NNC(O)=C2C=CC=C2)n(-c2ccccc2)n1. The van der Waals surface area contributed by atoms with Gasteiger partial charge in [0.1, 0.15) is 5.82 Å². The van der Waals surface area contributed by atoms with Crippen LogP contribution in [0.3, 0.4) is 0 Å². The van der Waals surface area contributed by atoms with Crippen molar-refractivity contribution in [3.8, 4) is 5.69 Å². The number of rotatable bonds is 4. The van der Waals surface area contributed by atoms with Crippen molar-refractivity contribution in [3.05, 3.63) is 77.9 Å². The maximum absolute atomic E-state index is 9.95. The zero-order chi connectivity index (χ0) is 14.7. The number of aryl methyl sites for hydroxylation is 1. The van der Waals surface area contributed by atoms with E-state index in [1.807, 2.05) is 67.6 Å². The third kappa shape index (κ3) is 2.81. The largest absolute Gasteiger partial charge is 0.493 e. The first-order valence-corrected chi connectivity index (χ1v) is 6.66. The second-order valence-electron chi connectivity index (χ2n) is 4.69. The maximum atomic E-state index is 9.95. The van der Waals surface area contributed by atoms with Crippen molar-refractivity contribution >= 4 is 5.82 Å². The van der Waals surface area contributed by atoms with E-state index in [0.717, 1.165) is 22.8 Å². The fraction of sp³-hybridized carbons (Fsp3) is 0.0625. The summed E-state index contributed by atoms with van der Waals surface area (Å²) in [6.07, 6.45) is 7.38. The predicted molar refractivity (Wildman–Crippen MR) is 83.0 cm³/mol. The number of benzene rings is 1. The number of para-hydroxylation sites is 1. The van der Waals surface area contributed by atoms with Gasteiger partial charge in [0.15, 0.2) is 0 Å². The number of hydrogen-bond donors (Lipinski definition) is 3. The molecule has 3 N–H and O–H groups in total. The first-order chi connectivity index (χ1) is 10.2. The molecule has 1 aromatic heterocycles. The monoisotopic (exact) mass is 280 g/mol. The number of aliphatic hydroxyl groups excluding tert-OH is 1. The highest BCUT2D eigenvalue weighted by atomic mass is 16.3. The van der Waals surface area contributed by atoms with Crippen LogP contribution in [0.1, 0.15) is 5.69 Å². The highest BCUT2D eigenvalue weighted by Crippen LogP contribution is 2.16. The normalized spacial score (nSPS) is 12.7. The third-order valence-electron chi connectivity index (χ3n) is 3.08. The molecule has 2 aromatic rings. The highest BCUT2D eigenvalue weighted by molar-refractivity contribution is 5.47. The summed E-state index contributed by atoms with van der Waals surface area (Å²) in [4.78, 5) is 0. The fourth-order valence-corrected chi connectivity index (χ4v) is 2.08. The Kier molecular flexibility index (Phi) is 3.47. The van der Waals surface area contributed by atoms with Crippen LogP contribution in [0.25, 0.3) is 5.69 Å².